The average molecular weight is 663 g/mol. The molecule has 0 aromatic heterocycles. The van der Waals surface area contributed by atoms with Crippen LogP contribution in [0.5, 0.6) is 0 Å². The van der Waals surface area contributed by atoms with Crippen molar-refractivity contribution in [3.05, 3.63) is 62.0 Å². The summed E-state index contributed by atoms with van der Waals surface area (Å²) in [5, 5.41) is -0.408. The van der Waals surface area contributed by atoms with Gasteiger partial charge in [-0.15, -0.1) is 0 Å². The fourth-order valence-electron chi connectivity index (χ4n) is 3.42. The molecule has 3 rings (SSSR count). The van der Waals surface area contributed by atoms with Crippen molar-refractivity contribution < 1.29 is 62.3 Å². The Balaban J connectivity index is -0.0000000834. The van der Waals surface area contributed by atoms with Crippen LogP contribution in [0.15, 0.2) is 24.3 Å². The molecule has 199 valence electrons. The number of rotatable bonds is 2. The quantitative estimate of drug-likeness (QED) is 0.175. The Labute approximate surface area is 251 Å². The van der Waals surface area contributed by atoms with Gasteiger partial charge in [0.25, 0.3) is 0 Å². The molecule has 0 atom stereocenters. The minimum absolute atomic E-state index is 0. The predicted molar refractivity (Wildman–Crippen MR) is 128 cm³/mol. The van der Waals surface area contributed by atoms with Crippen molar-refractivity contribution in [3.63, 3.8) is 0 Å². The normalized spacial score (nSPS) is 12.4. The third-order valence-corrected chi connectivity index (χ3v) is 5.92. The largest absolute Gasteiger partial charge is 2.00 e. The van der Waals surface area contributed by atoms with Crippen LogP contribution in [0, 0.1) is 37.9 Å². The molecule has 0 saturated heterocycles. The topological polar surface area (TPSA) is 114 Å². The van der Waals surface area contributed by atoms with E-state index in [2.05, 4.69) is 76.0 Å². The summed E-state index contributed by atoms with van der Waals surface area (Å²) in [7, 11) is 0. The Morgan fingerprint density at radius 2 is 1.03 bits per heavy atom. The molecule has 2 aliphatic carbocycles. The molecule has 2 saturated carbocycles. The summed E-state index contributed by atoms with van der Waals surface area (Å²) in [5.41, 5.74) is 1.56. The number of hydrogen-bond donors (Lipinski definition) is 0. The van der Waals surface area contributed by atoms with Gasteiger partial charge in [0.2, 0.25) is 0 Å². The Bertz CT molecular complexity index is 666. The Hall–Kier alpha value is -0.702. The summed E-state index contributed by atoms with van der Waals surface area (Å²) in [6.07, 6.45) is 13.4. The van der Waals surface area contributed by atoms with Gasteiger partial charge < -0.3 is 0 Å². The maximum Gasteiger partial charge on any atom is 2.00 e. The molecular formula is C26H32Fe2O6SSe+. The van der Waals surface area contributed by atoms with Gasteiger partial charge in [-0.1, -0.05) is 65.7 Å². The molecule has 6 nitrogen and oxygen atoms in total. The van der Waals surface area contributed by atoms with E-state index >= 15 is 0 Å². The Morgan fingerprint density at radius 3 is 1.22 bits per heavy atom. The maximum atomic E-state index is 10.8. The summed E-state index contributed by atoms with van der Waals surface area (Å²) >= 11 is 6.78. The zero-order valence-corrected chi connectivity index (χ0v) is 25.5. The molecule has 0 unspecified atom stereocenters. The van der Waals surface area contributed by atoms with E-state index in [4.69, 9.17) is 18.6 Å². The summed E-state index contributed by atoms with van der Waals surface area (Å²) in [6, 6.07) is 6.22. The van der Waals surface area contributed by atoms with Gasteiger partial charge in [-0.05, 0) is 24.2 Å². The van der Waals surface area contributed by atoms with Crippen LogP contribution in [0.25, 0.3) is 0 Å². The minimum Gasteiger partial charge on any atom is 0 e. The van der Waals surface area contributed by atoms with Crippen molar-refractivity contribution in [3.8, 4) is 0 Å². The van der Waals surface area contributed by atoms with E-state index in [-0.39, 0.29) is 38.8 Å². The molecule has 2 aliphatic rings. The first-order chi connectivity index (χ1) is 16.2. The van der Waals surface area contributed by atoms with E-state index in [1.165, 1.54) is 57.8 Å². The Morgan fingerprint density at radius 1 is 0.750 bits per heavy atom. The van der Waals surface area contributed by atoms with E-state index in [0.29, 0.717) is 16.5 Å². The second-order valence-electron chi connectivity index (χ2n) is 8.27. The molecular weight excluding hydrogens is 631 g/mol. The summed E-state index contributed by atoms with van der Waals surface area (Å²) in [5.74, 6) is 1.01. The van der Waals surface area contributed by atoms with Crippen LogP contribution >= 0.6 is 0 Å². The molecule has 2 fully saturated rings. The van der Waals surface area contributed by atoms with Crippen LogP contribution in [-0.2, 0) is 65.4 Å². The number of carbonyl (C=O) groups is 2. The standard InChI is InChI=1S/C9H18.C8H5O2SSe.C5H10.4CO.2Fe/c1-9(2,3)8-6-4-5-7-8;9-7(11)5-1-3-6(4-2-5)8(10)12;1-2-4-5-3-1;4*1-2;;/h8H,4-7H2,1-3H3;1-4H,(H,9,11);1-5H2;;;;;;/q;;;;;;;;+2/p-1. The van der Waals surface area contributed by atoms with Gasteiger partial charge in [-0.2, -0.15) is 0 Å². The van der Waals surface area contributed by atoms with Crippen LogP contribution < -0.4 is 0 Å². The number of hydrogen-bond acceptors (Lipinski definition) is 3. The predicted octanol–water partition coefficient (Wildman–Crippen LogP) is 5.70. The zero-order valence-electron chi connectivity index (χ0n) is 20.7. The third kappa shape index (κ3) is 27.9. The smallest absolute Gasteiger partial charge is 0 e. The van der Waals surface area contributed by atoms with E-state index in [9.17, 15) is 9.59 Å². The van der Waals surface area contributed by atoms with E-state index in [1.54, 1.807) is 24.3 Å². The van der Waals surface area contributed by atoms with Crippen molar-refractivity contribution in [2.24, 2.45) is 11.3 Å². The first-order valence-corrected chi connectivity index (χ1v) is 11.8. The number of carbonyl (C=O) groups excluding carboxylic acids is 2. The van der Waals surface area contributed by atoms with Crippen LogP contribution in [0.4, 0.5) is 0 Å². The molecule has 1 aromatic rings. The van der Waals surface area contributed by atoms with Gasteiger partial charge in [0.15, 0.2) is 0 Å². The van der Waals surface area contributed by atoms with Crippen LogP contribution in [-0.4, -0.2) is 25.8 Å². The van der Waals surface area contributed by atoms with Gasteiger partial charge in [0.1, 0.15) is 0 Å². The fraction of sp³-hybridized carbons (Fsp3) is 0.538. The van der Waals surface area contributed by atoms with Crippen molar-refractivity contribution in [2.75, 3.05) is 0 Å². The van der Waals surface area contributed by atoms with E-state index in [1.807, 2.05) is 0 Å². The molecule has 0 bridgehead atoms. The molecule has 0 heterocycles. The molecule has 36 heavy (non-hydrogen) atoms. The monoisotopic (exact) mass is 664 g/mol. The van der Waals surface area contributed by atoms with Crippen LogP contribution in [0.3, 0.4) is 0 Å². The van der Waals surface area contributed by atoms with Crippen molar-refractivity contribution in [1.29, 1.82) is 0 Å². The molecule has 0 aliphatic heterocycles. The molecule has 10 heteroatoms. The van der Waals surface area contributed by atoms with Crippen LogP contribution in [0.2, 0.25) is 0 Å². The van der Waals surface area contributed by atoms with E-state index in [0.717, 1.165) is 5.92 Å². The van der Waals surface area contributed by atoms with Crippen molar-refractivity contribution in [2.45, 2.75) is 78.6 Å². The molecule has 1 radical (unpaired) electrons. The second-order valence-corrected chi connectivity index (χ2v) is 9.42. The summed E-state index contributed by atoms with van der Waals surface area (Å²) in [4.78, 5) is 21.4. The fourth-order valence-corrected chi connectivity index (χ4v) is 3.84. The second kappa shape index (κ2) is 34.3. The Kier molecular flexibility index (Phi) is 46.1. The summed E-state index contributed by atoms with van der Waals surface area (Å²) < 4.78 is 29.9. The van der Waals surface area contributed by atoms with Gasteiger partial charge in [0.05, 0.1) is 0 Å². The van der Waals surface area contributed by atoms with E-state index < -0.39 is 5.12 Å². The molecule has 0 spiro atoms. The first kappa shape index (κ1) is 48.4. The third-order valence-electron chi connectivity index (χ3n) is 5.19. The first-order valence-electron chi connectivity index (χ1n) is 10.6. The average Bonchev–Trinajstić information content (AvgIpc) is 3.62. The van der Waals surface area contributed by atoms with Gasteiger partial charge in [-0.25, -0.2) is 0 Å². The van der Waals surface area contributed by atoms with Gasteiger partial charge in [0, 0.05) is 17.1 Å². The zero-order chi connectivity index (χ0) is 27.6. The SMILES string of the molecule is C1CCCC1.CC(C)(C)C1CCCC1.O=C([S-])c1ccc(C(=O)[Se])cc1.[C-]#[O+].[C-]#[O+].[C-]#[O+].[C-]#[O+].[Fe+2].[Fe]. The van der Waals surface area contributed by atoms with Crippen molar-refractivity contribution >= 4 is 38.4 Å². The van der Waals surface area contributed by atoms with Crippen LogP contribution in [0.1, 0.15) is 99.3 Å². The maximum absolute atomic E-state index is 10.8. The molecule has 0 N–H and O–H groups in total. The minimum atomic E-state index is -0.408. The molecule has 1 aromatic carbocycles. The summed E-state index contributed by atoms with van der Waals surface area (Å²) in [6.45, 7) is 25.1. The van der Waals surface area contributed by atoms with Gasteiger partial charge in [-0.3, -0.25) is 0 Å². The number of benzene rings is 1. The van der Waals surface area contributed by atoms with Crippen molar-refractivity contribution in [1.82, 2.24) is 0 Å². The molecule has 0 amide bonds. The van der Waals surface area contributed by atoms with Gasteiger partial charge >= 0.3 is 146 Å².